The van der Waals surface area contributed by atoms with Crippen LogP contribution in [0.1, 0.15) is 6.92 Å². The van der Waals surface area contributed by atoms with E-state index >= 15 is 0 Å². The van der Waals surface area contributed by atoms with Gasteiger partial charge in [0.15, 0.2) is 11.5 Å². The van der Waals surface area contributed by atoms with Gasteiger partial charge in [-0.25, -0.2) is 0 Å². The number of hydrogen-bond acceptors (Lipinski definition) is 3. The molecule has 0 radical (unpaired) electrons. The van der Waals surface area contributed by atoms with Gasteiger partial charge in [-0.2, -0.15) is 0 Å². The fraction of sp³-hybridized carbons (Fsp3) is 0.333. The molecule has 1 aliphatic heterocycles. The second-order valence-corrected chi connectivity index (χ2v) is 2.42. The third kappa shape index (κ3) is 1.07. The maximum Gasteiger partial charge on any atom is 0.231 e. The first-order valence-electron chi connectivity index (χ1n) is 3.93. The van der Waals surface area contributed by atoms with Crippen molar-refractivity contribution in [2.75, 3.05) is 13.4 Å². The zero-order chi connectivity index (χ0) is 8.39. The summed E-state index contributed by atoms with van der Waals surface area (Å²) in [6.07, 6.45) is 0. The summed E-state index contributed by atoms with van der Waals surface area (Å²) in [4.78, 5) is 0. The van der Waals surface area contributed by atoms with E-state index in [0.29, 0.717) is 13.4 Å². The third-order valence-corrected chi connectivity index (χ3v) is 1.66. The minimum atomic E-state index is 0.291. The molecule has 0 unspecified atom stereocenters. The fourth-order valence-electron chi connectivity index (χ4n) is 1.17. The van der Waals surface area contributed by atoms with Crippen LogP contribution in [-0.2, 0) is 0 Å². The molecule has 64 valence electrons. The summed E-state index contributed by atoms with van der Waals surface area (Å²) in [5.74, 6) is 2.24. The summed E-state index contributed by atoms with van der Waals surface area (Å²) < 4.78 is 15.8. The predicted octanol–water partition coefficient (Wildman–Crippen LogP) is 1.81. The smallest absolute Gasteiger partial charge is 0.231 e. The van der Waals surface area contributed by atoms with Gasteiger partial charge in [0.2, 0.25) is 12.5 Å². The Balaban J connectivity index is 2.36. The molecule has 0 bridgehead atoms. The van der Waals surface area contributed by atoms with Crippen molar-refractivity contribution >= 4 is 0 Å². The van der Waals surface area contributed by atoms with Gasteiger partial charge in [-0.1, -0.05) is 6.07 Å². The lowest BCUT2D eigenvalue weighted by Gasteiger charge is -2.04. The van der Waals surface area contributed by atoms with E-state index in [1.54, 1.807) is 0 Å². The molecule has 0 aromatic heterocycles. The summed E-state index contributed by atoms with van der Waals surface area (Å²) in [5.41, 5.74) is 0. The van der Waals surface area contributed by atoms with Gasteiger partial charge in [0.05, 0.1) is 6.61 Å². The monoisotopic (exact) mass is 166 g/mol. The van der Waals surface area contributed by atoms with Crippen LogP contribution in [0, 0.1) is 0 Å². The van der Waals surface area contributed by atoms with Gasteiger partial charge < -0.3 is 14.2 Å². The Morgan fingerprint density at radius 1 is 1.42 bits per heavy atom. The van der Waals surface area contributed by atoms with E-state index in [0.717, 1.165) is 17.2 Å². The lowest BCUT2D eigenvalue weighted by atomic mass is 10.3. The number of rotatable bonds is 2. The standard InChI is InChI=1S/C9H10O3/c1-2-10-7-4-3-5-8-9(7)12-6-11-8/h3-5H,2,6H2,1H3. The van der Waals surface area contributed by atoms with Crippen molar-refractivity contribution in [3.63, 3.8) is 0 Å². The van der Waals surface area contributed by atoms with Gasteiger partial charge >= 0.3 is 0 Å². The first-order chi connectivity index (χ1) is 5.92. The maximum atomic E-state index is 5.34. The average molecular weight is 166 g/mol. The maximum absolute atomic E-state index is 5.34. The Hall–Kier alpha value is -1.38. The average Bonchev–Trinajstić information content (AvgIpc) is 2.53. The zero-order valence-corrected chi connectivity index (χ0v) is 6.87. The number of fused-ring (bicyclic) bond motifs is 1. The number of hydrogen-bond donors (Lipinski definition) is 0. The Morgan fingerprint density at radius 2 is 2.33 bits per heavy atom. The van der Waals surface area contributed by atoms with E-state index in [4.69, 9.17) is 14.2 Å². The molecule has 1 aromatic rings. The van der Waals surface area contributed by atoms with Crippen molar-refractivity contribution in [2.45, 2.75) is 6.92 Å². The largest absolute Gasteiger partial charge is 0.490 e. The van der Waals surface area contributed by atoms with Crippen molar-refractivity contribution in [2.24, 2.45) is 0 Å². The molecule has 3 nitrogen and oxygen atoms in total. The van der Waals surface area contributed by atoms with E-state index in [2.05, 4.69) is 0 Å². The quantitative estimate of drug-likeness (QED) is 0.670. The van der Waals surface area contributed by atoms with Crippen LogP contribution in [0.15, 0.2) is 18.2 Å². The molecular formula is C9H10O3. The molecule has 0 amide bonds. The molecular weight excluding hydrogens is 156 g/mol. The lowest BCUT2D eigenvalue weighted by Crippen LogP contribution is -1.95. The number of benzene rings is 1. The van der Waals surface area contributed by atoms with Crippen molar-refractivity contribution in [3.8, 4) is 17.2 Å². The van der Waals surface area contributed by atoms with E-state index in [9.17, 15) is 0 Å². The van der Waals surface area contributed by atoms with E-state index in [-0.39, 0.29) is 0 Å². The molecule has 1 aromatic carbocycles. The van der Waals surface area contributed by atoms with Crippen molar-refractivity contribution in [1.82, 2.24) is 0 Å². The van der Waals surface area contributed by atoms with Crippen LogP contribution >= 0.6 is 0 Å². The van der Waals surface area contributed by atoms with Crippen LogP contribution in [0.4, 0.5) is 0 Å². The minimum Gasteiger partial charge on any atom is -0.490 e. The highest BCUT2D eigenvalue weighted by Gasteiger charge is 2.17. The molecule has 0 saturated carbocycles. The van der Waals surface area contributed by atoms with Gasteiger partial charge in [-0.3, -0.25) is 0 Å². The van der Waals surface area contributed by atoms with Gasteiger partial charge in [-0.15, -0.1) is 0 Å². The summed E-state index contributed by atoms with van der Waals surface area (Å²) in [5, 5.41) is 0. The molecule has 12 heavy (non-hydrogen) atoms. The van der Waals surface area contributed by atoms with Crippen LogP contribution in [0.2, 0.25) is 0 Å². The van der Waals surface area contributed by atoms with E-state index in [1.165, 1.54) is 0 Å². The predicted molar refractivity (Wildman–Crippen MR) is 43.7 cm³/mol. The third-order valence-electron chi connectivity index (χ3n) is 1.66. The van der Waals surface area contributed by atoms with E-state index in [1.807, 2.05) is 25.1 Å². The number of para-hydroxylation sites is 1. The second kappa shape index (κ2) is 2.93. The molecule has 1 aliphatic rings. The summed E-state index contributed by atoms with van der Waals surface area (Å²) in [6, 6.07) is 5.63. The molecule has 0 spiro atoms. The first-order valence-corrected chi connectivity index (χ1v) is 3.93. The lowest BCUT2D eigenvalue weighted by molar-refractivity contribution is 0.170. The molecule has 2 rings (SSSR count). The topological polar surface area (TPSA) is 27.7 Å². The normalized spacial score (nSPS) is 13.1. The Bertz CT molecular complexity index is 283. The highest BCUT2D eigenvalue weighted by Crippen LogP contribution is 2.40. The van der Waals surface area contributed by atoms with Crippen LogP contribution in [0.3, 0.4) is 0 Å². The van der Waals surface area contributed by atoms with Crippen molar-refractivity contribution in [3.05, 3.63) is 18.2 Å². The summed E-state index contributed by atoms with van der Waals surface area (Å²) in [6.45, 7) is 2.87. The van der Waals surface area contributed by atoms with Gasteiger partial charge in [0.25, 0.3) is 0 Å². The summed E-state index contributed by atoms with van der Waals surface area (Å²) in [7, 11) is 0. The minimum absolute atomic E-state index is 0.291. The molecule has 0 saturated heterocycles. The van der Waals surface area contributed by atoms with Gasteiger partial charge in [0.1, 0.15) is 0 Å². The molecule has 0 atom stereocenters. The van der Waals surface area contributed by atoms with Crippen LogP contribution < -0.4 is 14.2 Å². The highest BCUT2D eigenvalue weighted by atomic mass is 16.7. The molecule has 3 heteroatoms. The fourth-order valence-corrected chi connectivity index (χ4v) is 1.17. The van der Waals surface area contributed by atoms with Gasteiger partial charge in [0, 0.05) is 0 Å². The van der Waals surface area contributed by atoms with Crippen LogP contribution in [-0.4, -0.2) is 13.4 Å². The Morgan fingerprint density at radius 3 is 3.17 bits per heavy atom. The SMILES string of the molecule is CCOc1cccc2c1OCO2. The number of ether oxygens (including phenoxy) is 3. The molecule has 0 N–H and O–H groups in total. The van der Waals surface area contributed by atoms with Crippen molar-refractivity contribution in [1.29, 1.82) is 0 Å². The molecule has 1 heterocycles. The first kappa shape index (κ1) is 7.28. The van der Waals surface area contributed by atoms with Crippen LogP contribution in [0.5, 0.6) is 17.2 Å². The summed E-state index contributed by atoms with van der Waals surface area (Å²) >= 11 is 0. The Kier molecular flexibility index (Phi) is 1.78. The van der Waals surface area contributed by atoms with Crippen LogP contribution in [0.25, 0.3) is 0 Å². The highest BCUT2D eigenvalue weighted by molar-refractivity contribution is 5.52. The second-order valence-electron chi connectivity index (χ2n) is 2.42. The molecule has 0 aliphatic carbocycles. The Labute approximate surface area is 70.9 Å². The van der Waals surface area contributed by atoms with Crippen molar-refractivity contribution < 1.29 is 14.2 Å². The molecule has 0 fully saturated rings. The van der Waals surface area contributed by atoms with E-state index < -0.39 is 0 Å². The zero-order valence-electron chi connectivity index (χ0n) is 6.87. The van der Waals surface area contributed by atoms with Gasteiger partial charge in [-0.05, 0) is 19.1 Å².